The average Bonchev–Trinajstić information content (AvgIpc) is 3.14. The molecule has 1 N–H and O–H groups in total. The number of carbonyl (C=O) groups excluding carboxylic acids is 1. The van der Waals surface area contributed by atoms with E-state index in [0.29, 0.717) is 12.4 Å². The Labute approximate surface area is 113 Å². The van der Waals surface area contributed by atoms with E-state index in [0.717, 1.165) is 24.3 Å². The van der Waals surface area contributed by atoms with E-state index in [-0.39, 0.29) is 17.9 Å². The highest BCUT2D eigenvalue weighted by Gasteiger charge is 2.20. The molecule has 1 amide bonds. The number of rotatable bonds is 4. The molecule has 2 aromatic rings. The normalized spacial score (nSPS) is 18.6. The van der Waals surface area contributed by atoms with Gasteiger partial charge in [0.15, 0.2) is 0 Å². The van der Waals surface area contributed by atoms with Crippen molar-refractivity contribution in [2.45, 2.75) is 18.9 Å². The van der Waals surface area contributed by atoms with Gasteiger partial charge in [0.2, 0.25) is 5.82 Å². The van der Waals surface area contributed by atoms with E-state index >= 15 is 0 Å². The number of ether oxygens (including phenoxy) is 1. The fourth-order valence-electron chi connectivity index (χ4n) is 1.91. The minimum Gasteiger partial charge on any atom is -0.376 e. The van der Waals surface area contributed by atoms with Crippen LogP contribution in [0.1, 0.15) is 23.5 Å². The first kappa shape index (κ1) is 12.3. The summed E-state index contributed by atoms with van der Waals surface area (Å²) in [6.07, 6.45) is 2.12. The Morgan fingerprint density at radius 1 is 1.58 bits per heavy atom. The molecule has 0 unspecified atom stereocenters. The third kappa shape index (κ3) is 2.82. The Bertz CT molecular complexity index is 546. The van der Waals surface area contributed by atoms with Crippen molar-refractivity contribution in [1.29, 1.82) is 0 Å². The summed E-state index contributed by atoms with van der Waals surface area (Å²) in [6, 6.07) is 3.77. The third-order valence-electron chi connectivity index (χ3n) is 2.88. The van der Waals surface area contributed by atoms with Crippen LogP contribution in [0.2, 0.25) is 0 Å². The molecule has 7 heteroatoms. The van der Waals surface area contributed by atoms with E-state index in [4.69, 9.17) is 9.26 Å². The summed E-state index contributed by atoms with van der Waals surface area (Å²) in [5.74, 6) is 0.0736. The van der Waals surface area contributed by atoms with Crippen molar-refractivity contribution < 1.29 is 14.1 Å². The molecule has 1 saturated heterocycles. The van der Waals surface area contributed by atoms with E-state index in [1.54, 1.807) is 0 Å². The summed E-state index contributed by atoms with van der Waals surface area (Å²) in [6.45, 7) is 1.25. The second-order valence-corrected chi connectivity index (χ2v) is 5.19. The van der Waals surface area contributed by atoms with Crippen LogP contribution in [0, 0.1) is 0 Å². The van der Waals surface area contributed by atoms with Crippen molar-refractivity contribution in [2.75, 3.05) is 13.2 Å². The maximum atomic E-state index is 11.8. The van der Waals surface area contributed by atoms with E-state index in [2.05, 4.69) is 15.5 Å². The monoisotopic (exact) mass is 279 g/mol. The Kier molecular flexibility index (Phi) is 3.56. The molecule has 0 bridgehead atoms. The third-order valence-corrected chi connectivity index (χ3v) is 3.74. The largest absolute Gasteiger partial charge is 0.376 e. The molecule has 3 heterocycles. The average molecular weight is 279 g/mol. The maximum absolute atomic E-state index is 11.8. The minimum absolute atomic E-state index is 0.0126. The van der Waals surface area contributed by atoms with Gasteiger partial charge in [-0.15, -0.1) is 11.3 Å². The van der Waals surface area contributed by atoms with Gasteiger partial charge in [0.25, 0.3) is 0 Å². The first-order chi connectivity index (χ1) is 9.33. The van der Waals surface area contributed by atoms with Crippen LogP contribution in [-0.2, 0) is 4.74 Å². The first-order valence-corrected chi connectivity index (χ1v) is 6.98. The molecule has 0 spiro atoms. The predicted octanol–water partition coefficient (Wildman–Crippen LogP) is 1.71. The molecule has 1 fully saturated rings. The second kappa shape index (κ2) is 5.50. The molecule has 1 aliphatic rings. The fraction of sp³-hybridized carbons (Fsp3) is 0.417. The van der Waals surface area contributed by atoms with Crippen LogP contribution in [0.4, 0.5) is 0 Å². The smallest absolute Gasteiger partial charge is 0.316 e. The van der Waals surface area contributed by atoms with E-state index in [1.165, 1.54) is 11.3 Å². The molecule has 19 heavy (non-hydrogen) atoms. The highest BCUT2D eigenvalue weighted by Crippen LogP contribution is 2.21. The van der Waals surface area contributed by atoms with Crippen LogP contribution in [0.15, 0.2) is 22.0 Å². The summed E-state index contributed by atoms with van der Waals surface area (Å²) >= 11 is 1.50. The lowest BCUT2D eigenvalue weighted by molar-refractivity contribution is 0.0822. The van der Waals surface area contributed by atoms with Gasteiger partial charge in [-0.2, -0.15) is 4.98 Å². The highest BCUT2D eigenvalue weighted by molar-refractivity contribution is 7.13. The lowest BCUT2D eigenvalue weighted by atomic mass is 10.2. The number of nitrogens with one attached hydrogen (secondary N) is 1. The lowest BCUT2D eigenvalue weighted by Gasteiger charge is -2.08. The topological polar surface area (TPSA) is 77.2 Å². The van der Waals surface area contributed by atoms with Crippen LogP contribution >= 0.6 is 11.3 Å². The molecule has 6 nitrogen and oxygen atoms in total. The molecular weight excluding hydrogens is 266 g/mol. The number of carbonyl (C=O) groups is 1. The number of amides is 1. The van der Waals surface area contributed by atoms with Crippen molar-refractivity contribution in [3.05, 3.63) is 23.4 Å². The Balaban J connectivity index is 1.60. The minimum atomic E-state index is -0.356. The van der Waals surface area contributed by atoms with Crippen molar-refractivity contribution >= 4 is 17.2 Å². The van der Waals surface area contributed by atoms with Crippen LogP contribution in [-0.4, -0.2) is 35.3 Å². The fourth-order valence-corrected chi connectivity index (χ4v) is 2.56. The van der Waals surface area contributed by atoms with Crippen LogP contribution in [0.3, 0.4) is 0 Å². The van der Waals surface area contributed by atoms with Crippen molar-refractivity contribution in [1.82, 2.24) is 15.5 Å². The molecule has 0 radical (unpaired) electrons. The van der Waals surface area contributed by atoms with Gasteiger partial charge in [0, 0.05) is 13.2 Å². The van der Waals surface area contributed by atoms with Gasteiger partial charge in [-0.25, -0.2) is 0 Å². The Morgan fingerprint density at radius 2 is 2.53 bits per heavy atom. The van der Waals surface area contributed by atoms with Gasteiger partial charge in [0.05, 0.1) is 11.0 Å². The molecule has 1 aliphatic heterocycles. The number of hydrogen-bond acceptors (Lipinski definition) is 6. The standard InChI is InChI=1S/C12H13N3O3S/c16-11(13-7-8-3-1-5-17-8)12-14-10(15-18-12)9-4-2-6-19-9/h2,4,6,8H,1,3,5,7H2,(H,13,16)/t8-/m1/s1. The quantitative estimate of drug-likeness (QED) is 0.921. The summed E-state index contributed by atoms with van der Waals surface area (Å²) in [5.41, 5.74) is 0. The SMILES string of the molecule is O=C(NC[C@H]1CCCO1)c1nc(-c2cccs2)no1. The zero-order valence-corrected chi connectivity index (χ0v) is 11.0. The predicted molar refractivity (Wildman–Crippen MR) is 68.9 cm³/mol. The molecule has 3 rings (SSSR count). The first-order valence-electron chi connectivity index (χ1n) is 6.10. The van der Waals surface area contributed by atoms with Crippen molar-refractivity contribution in [3.63, 3.8) is 0 Å². The maximum Gasteiger partial charge on any atom is 0.316 e. The summed E-state index contributed by atoms with van der Waals surface area (Å²) < 4.78 is 10.4. The summed E-state index contributed by atoms with van der Waals surface area (Å²) in [4.78, 5) is 16.8. The molecule has 0 aliphatic carbocycles. The van der Waals surface area contributed by atoms with Crippen LogP contribution < -0.4 is 5.32 Å². The summed E-state index contributed by atoms with van der Waals surface area (Å²) in [7, 11) is 0. The van der Waals surface area contributed by atoms with Gasteiger partial charge in [0.1, 0.15) is 0 Å². The van der Waals surface area contributed by atoms with Crippen LogP contribution in [0.5, 0.6) is 0 Å². The van der Waals surface area contributed by atoms with Gasteiger partial charge < -0.3 is 14.6 Å². The Morgan fingerprint density at radius 3 is 3.26 bits per heavy atom. The van der Waals surface area contributed by atoms with E-state index < -0.39 is 0 Å². The van der Waals surface area contributed by atoms with Gasteiger partial charge in [-0.1, -0.05) is 11.2 Å². The van der Waals surface area contributed by atoms with Gasteiger partial charge in [-0.05, 0) is 24.3 Å². The molecule has 0 aromatic carbocycles. The van der Waals surface area contributed by atoms with E-state index in [1.807, 2.05) is 17.5 Å². The number of aromatic nitrogens is 2. The zero-order valence-electron chi connectivity index (χ0n) is 10.2. The Hall–Kier alpha value is -1.73. The number of hydrogen-bond donors (Lipinski definition) is 1. The zero-order chi connectivity index (χ0) is 13.1. The van der Waals surface area contributed by atoms with Gasteiger partial charge in [-0.3, -0.25) is 4.79 Å². The molecule has 1 atom stereocenters. The number of nitrogens with zero attached hydrogens (tertiary/aromatic N) is 2. The molecular formula is C12H13N3O3S. The molecule has 2 aromatic heterocycles. The van der Waals surface area contributed by atoms with Gasteiger partial charge >= 0.3 is 11.8 Å². The number of thiophene rings is 1. The van der Waals surface area contributed by atoms with Crippen molar-refractivity contribution in [3.8, 4) is 10.7 Å². The molecule has 0 saturated carbocycles. The van der Waals surface area contributed by atoms with Crippen LogP contribution in [0.25, 0.3) is 10.7 Å². The second-order valence-electron chi connectivity index (χ2n) is 4.25. The van der Waals surface area contributed by atoms with Crippen molar-refractivity contribution in [2.24, 2.45) is 0 Å². The summed E-state index contributed by atoms with van der Waals surface area (Å²) in [5, 5.41) is 8.45. The van der Waals surface area contributed by atoms with E-state index in [9.17, 15) is 4.79 Å². The highest BCUT2D eigenvalue weighted by atomic mass is 32.1. The lowest BCUT2D eigenvalue weighted by Crippen LogP contribution is -2.31. The molecule has 100 valence electrons.